The Kier molecular flexibility index (Phi) is 4.13. The Hall–Kier alpha value is -2.55. The maximum absolute atomic E-state index is 15.5. The van der Waals surface area contributed by atoms with Crippen molar-refractivity contribution in [3.05, 3.63) is 26.7 Å². The normalized spacial score (nSPS) is 26.7. The Balaban J connectivity index is 1.76. The van der Waals surface area contributed by atoms with E-state index in [1.807, 2.05) is 4.90 Å². The monoisotopic (exact) mass is 404 g/mol. The highest BCUT2D eigenvalue weighted by Gasteiger charge is 2.42. The van der Waals surface area contributed by atoms with Gasteiger partial charge in [0.05, 0.1) is 24.3 Å². The second-order valence-electron chi connectivity index (χ2n) is 8.52. The summed E-state index contributed by atoms with van der Waals surface area (Å²) in [6.07, 6.45) is 3.89. The summed E-state index contributed by atoms with van der Waals surface area (Å²) in [5.74, 6) is -0.219. The van der Waals surface area contributed by atoms with Crippen LogP contribution in [0.2, 0.25) is 0 Å². The van der Waals surface area contributed by atoms with Crippen LogP contribution >= 0.6 is 0 Å². The van der Waals surface area contributed by atoms with E-state index in [9.17, 15) is 14.7 Å². The van der Waals surface area contributed by atoms with Gasteiger partial charge >= 0.3 is 5.69 Å². The molecule has 0 amide bonds. The molecule has 0 bridgehead atoms. The summed E-state index contributed by atoms with van der Waals surface area (Å²) >= 11 is 0. The van der Waals surface area contributed by atoms with Crippen LogP contribution in [0.25, 0.3) is 10.9 Å². The molecular formula is C20H25FN4O4. The smallest absolute Gasteiger partial charge is 0.329 e. The van der Waals surface area contributed by atoms with E-state index in [0.29, 0.717) is 13.1 Å². The van der Waals surface area contributed by atoms with Crippen molar-refractivity contribution in [2.24, 2.45) is 11.8 Å². The van der Waals surface area contributed by atoms with Crippen molar-refractivity contribution < 1.29 is 14.2 Å². The largest absolute Gasteiger partial charge is 0.492 e. The molecule has 156 valence electrons. The summed E-state index contributed by atoms with van der Waals surface area (Å²) in [4.78, 5) is 29.2. The number of aliphatic hydroxyl groups is 1. The third-order valence-corrected chi connectivity index (χ3v) is 6.78. The molecule has 0 spiro atoms. The quantitative estimate of drug-likeness (QED) is 0.666. The van der Waals surface area contributed by atoms with Crippen molar-refractivity contribution in [3.8, 4) is 5.75 Å². The maximum atomic E-state index is 15.5. The lowest BCUT2D eigenvalue weighted by atomic mass is 9.80. The lowest BCUT2D eigenvalue weighted by molar-refractivity contribution is 0.0565. The Labute approximate surface area is 166 Å². The first-order chi connectivity index (χ1) is 13.9. The van der Waals surface area contributed by atoms with Crippen LogP contribution in [0.3, 0.4) is 0 Å². The number of ether oxygens (including phenoxy) is 1. The summed E-state index contributed by atoms with van der Waals surface area (Å²) in [6, 6.07) is -0.0588. The molecule has 3 aliphatic rings. The fourth-order valence-corrected chi connectivity index (χ4v) is 5.25. The highest BCUT2D eigenvalue weighted by atomic mass is 19.1. The van der Waals surface area contributed by atoms with Gasteiger partial charge in [-0.05, 0) is 31.6 Å². The predicted octanol–water partition coefficient (Wildman–Crippen LogP) is 1.35. The zero-order chi connectivity index (χ0) is 20.4. The average Bonchev–Trinajstić information content (AvgIpc) is 3.41. The standard InChI is InChI=1S/C20H25FN4O4/c1-29-18-16-13(19(27)23-20(28)25(16)10-5-6-10)15(22)14(21)17(18)24-7-9-3-2-4-12(26)11(9)8-24/h9-12,26H,2-8,22H2,1H3,(H,23,27,28). The van der Waals surface area contributed by atoms with Crippen LogP contribution in [0, 0.1) is 17.7 Å². The number of hydrogen-bond acceptors (Lipinski definition) is 6. The van der Waals surface area contributed by atoms with E-state index >= 15 is 4.39 Å². The number of nitrogens with two attached hydrogens (primary N) is 1. The van der Waals surface area contributed by atoms with E-state index < -0.39 is 23.2 Å². The summed E-state index contributed by atoms with van der Waals surface area (Å²) in [5, 5.41) is 10.3. The summed E-state index contributed by atoms with van der Waals surface area (Å²) in [7, 11) is 1.41. The molecule has 1 aromatic heterocycles. The second-order valence-corrected chi connectivity index (χ2v) is 8.52. The third-order valence-electron chi connectivity index (χ3n) is 6.78. The predicted molar refractivity (Wildman–Crippen MR) is 107 cm³/mol. The first-order valence-corrected chi connectivity index (χ1v) is 10.2. The molecule has 3 unspecified atom stereocenters. The molecule has 2 saturated carbocycles. The van der Waals surface area contributed by atoms with Gasteiger partial charge in [0.1, 0.15) is 11.2 Å². The topological polar surface area (TPSA) is 114 Å². The zero-order valence-electron chi connectivity index (χ0n) is 16.3. The van der Waals surface area contributed by atoms with Crippen molar-refractivity contribution in [2.45, 2.75) is 44.2 Å². The van der Waals surface area contributed by atoms with Crippen molar-refractivity contribution in [2.75, 3.05) is 30.8 Å². The Morgan fingerprint density at radius 2 is 1.97 bits per heavy atom. The molecule has 2 aliphatic carbocycles. The molecule has 5 rings (SSSR count). The van der Waals surface area contributed by atoms with Crippen LogP contribution in [0.5, 0.6) is 5.75 Å². The van der Waals surface area contributed by atoms with Gasteiger partial charge in [-0.1, -0.05) is 6.42 Å². The maximum Gasteiger partial charge on any atom is 0.329 e. The van der Waals surface area contributed by atoms with Gasteiger partial charge in [-0.25, -0.2) is 9.18 Å². The molecule has 2 heterocycles. The van der Waals surface area contributed by atoms with Crippen molar-refractivity contribution >= 4 is 22.3 Å². The Morgan fingerprint density at radius 3 is 2.62 bits per heavy atom. The molecule has 3 atom stereocenters. The van der Waals surface area contributed by atoms with E-state index in [4.69, 9.17) is 10.5 Å². The molecule has 1 aromatic carbocycles. The number of fused-ring (bicyclic) bond motifs is 2. The van der Waals surface area contributed by atoms with Crippen LogP contribution in [0.1, 0.15) is 38.1 Å². The van der Waals surface area contributed by atoms with Crippen molar-refractivity contribution in [1.82, 2.24) is 9.55 Å². The number of halogens is 1. The number of nitrogens with one attached hydrogen (secondary N) is 1. The lowest BCUT2D eigenvalue weighted by Crippen LogP contribution is -2.32. The van der Waals surface area contributed by atoms with E-state index in [0.717, 1.165) is 32.1 Å². The van der Waals surface area contributed by atoms with Gasteiger partial charge < -0.3 is 20.5 Å². The highest BCUT2D eigenvalue weighted by molar-refractivity contribution is 5.99. The number of methoxy groups -OCH3 is 1. The first-order valence-electron chi connectivity index (χ1n) is 10.2. The molecule has 1 aliphatic heterocycles. The van der Waals surface area contributed by atoms with Crippen LogP contribution in [-0.2, 0) is 0 Å². The fourth-order valence-electron chi connectivity index (χ4n) is 5.25. The molecule has 29 heavy (non-hydrogen) atoms. The van der Waals surface area contributed by atoms with E-state index in [1.54, 1.807) is 0 Å². The minimum Gasteiger partial charge on any atom is -0.492 e. The number of hydrogen-bond donors (Lipinski definition) is 3. The summed E-state index contributed by atoms with van der Waals surface area (Å²) < 4.78 is 22.6. The number of H-pyrrole nitrogens is 1. The number of aromatic amines is 1. The number of aromatic nitrogens is 2. The first kappa shape index (κ1) is 18.5. The highest BCUT2D eigenvalue weighted by Crippen LogP contribution is 2.47. The van der Waals surface area contributed by atoms with Crippen molar-refractivity contribution in [3.63, 3.8) is 0 Å². The number of nitrogens with zero attached hydrogens (tertiary/aromatic N) is 2. The van der Waals surface area contributed by atoms with E-state index in [2.05, 4.69) is 4.98 Å². The number of benzene rings is 1. The molecule has 3 fully saturated rings. The molecule has 8 nitrogen and oxygen atoms in total. The lowest BCUT2D eigenvalue weighted by Gasteiger charge is -2.28. The molecule has 1 saturated heterocycles. The SMILES string of the molecule is COc1c(N2CC3CCCC(O)C3C2)c(F)c(N)c2c(=O)[nH]c(=O)n(C3CC3)c12. The second kappa shape index (κ2) is 6.48. The number of anilines is 2. The summed E-state index contributed by atoms with van der Waals surface area (Å²) in [6.45, 7) is 1.07. The van der Waals surface area contributed by atoms with E-state index in [1.165, 1.54) is 11.7 Å². The van der Waals surface area contributed by atoms with Gasteiger partial charge in [-0.15, -0.1) is 0 Å². The molecule has 2 aromatic rings. The molecule has 0 radical (unpaired) electrons. The Bertz CT molecular complexity index is 1110. The van der Waals surface area contributed by atoms with Gasteiger partial charge in [-0.2, -0.15) is 0 Å². The third kappa shape index (κ3) is 2.67. The Morgan fingerprint density at radius 1 is 1.21 bits per heavy atom. The van der Waals surface area contributed by atoms with Crippen molar-refractivity contribution in [1.29, 1.82) is 0 Å². The average molecular weight is 404 g/mol. The van der Waals surface area contributed by atoms with Crippen LogP contribution < -0.4 is 26.6 Å². The molecule has 9 heteroatoms. The number of nitrogen functional groups attached to an aromatic ring is 1. The van der Waals surface area contributed by atoms with Crippen LogP contribution in [0.15, 0.2) is 9.59 Å². The minimum absolute atomic E-state index is 0.0498. The van der Waals surface area contributed by atoms with Crippen LogP contribution in [-0.4, -0.2) is 41.0 Å². The van der Waals surface area contributed by atoms with Gasteiger partial charge in [0.2, 0.25) is 0 Å². The van der Waals surface area contributed by atoms with Gasteiger partial charge in [0.25, 0.3) is 5.56 Å². The minimum atomic E-state index is -0.714. The van der Waals surface area contributed by atoms with Gasteiger partial charge in [-0.3, -0.25) is 14.3 Å². The number of aliphatic hydroxyl groups excluding tert-OH is 1. The van der Waals surface area contributed by atoms with Gasteiger partial charge in [0.15, 0.2) is 11.6 Å². The summed E-state index contributed by atoms with van der Waals surface area (Å²) in [5.41, 5.74) is 4.99. The van der Waals surface area contributed by atoms with Crippen LogP contribution in [0.4, 0.5) is 15.8 Å². The number of rotatable bonds is 3. The van der Waals surface area contributed by atoms with Gasteiger partial charge in [0, 0.05) is 25.0 Å². The molecule has 4 N–H and O–H groups in total. The molecular weight excluding hydrogens is 379 g/mol. The van der Waals surface area contributed by atoms with E-state index in [-0.39, 0.29) is 45.9 Å². The fraction of sp³-hybridized carbons (Fsp3) is 0.600. The zero-order valence-corrected chi connectivity index (χ0v) is 16.3.